The van der Waals surface area contributed by atoms with Crippen LogP contribution < -0.4 is 5.32 Å². The number of aliphatic imine (C=N–C) groups is 1. The Hall–Kier alpha value is -0.340. The van der Waals surface area contributed by atoms with Crippen LogP contribution in [0.1, 0.15) is 0 Å². The molecule has 1 unspecified atom stereocenters. The van der Waals surface area contributed by atoms with Crippen molar-refractivity contribution < 1.29 is 0 Å². The molecular formula is C11H10IN3S2. The van der Waals surface area contributed by atoms with Crippen molar-refractivity contribution in [3.8, 4) is 0 Å². The second-order valence-electron chi connectivity index (χ2n) is 3.65. The van der Waals surface area contributed by atoms with Crippen molar-refractivity contribution in [3.05, 3.63) is 24.3 Å². The van der Waals surface area contributed by atoms with E-state index in [2.05, 4.69) is 44.0 Å². The monoisotopic (exact) mass is 375 g/mol. The van der Waals surface area contributed by atoms with Crippen molar-refractivity contribution in [3.63, 3.8) is 0 Å². The molecule has 1 aliphatic rings. The molecule has 2 aromatic rings. The highest BCUT2D eigenvalue weighted by Gasteiger charge is 2.19. The van der Waals surface area contributed by atoms with Gasteiger partial charge in [0.15, 0.2) is 10.3 Å². The summed E-state index contributed by atoms with van der Waals surface area (Å²) in [5.41, 5.74) is 1.05. The Balaban J connectivity index is 1.77. The van der Waals surface area contributed by atoms with E-state index in [0.29, 0.717) is 5.25 Å². The minimum absolute atomic E-state index is 0.618. The Morgan fingerprint density at radius 3 is 3.06 bits per heavy atom. The van der Waals surface area contributed by atoms with Crippen LogP contribution in [-0.4, -0.2) is 26.4 Å². The summed E-state index contributed by atoms with van der Waals surface area (Å²) in [6.45, 7) is 0.917. The number of nitrogens with one attached hydrogen (secondary N) is 1. The molecule has 1 N–H and O–H groups in total. The zero-order chi connectivity index (χ0) is 11.7. The maximum Gasteiger partial charge on any atom is 0.189 e. The number of halogens is 1. The SMILES string of the molecule is ICC1CN=C(Nc2nc3ccccc3s2)S1. The van der Waals surface area contributed by atoms with E-state index in [0.717, 1.165) is 26.8 Å². The van der Waals surface area contributed by atoms with Gasteiger partial charge in [-0.25, -0.2) is 4.98 Å². The third kappa shape index (κ3) is 2.58. The van der Waals surface area contributed by atoms with Gasteiger partial charge in [0.05, 0.1) is 16.8 Å². The number of hydrogen-bond acceptors (Lipinski definition) is 5. The molecule has 1 aliphatic heterocycles. The molecule has 3 nitrogen and oxygen atoms in total. The van der Waals surface area contributed by atoms with E-state index >= 15 is 0 Å². The first-order chi connectivity index (χ1) is 8.35. The summed E-state index contributed by atoms with van der Waals surface area (Å²) in [4.78, 5) is 9.02. The number of nitrogens with zero attached hydrogens (tertiary/aromatic N) is 2. The molecule has 88 valence electrons. The average molecular weight is 375 g/mol. The van der Waals surface area contributed by atoms with E-state index in [1.165, 1.54) is 4.70 Å². The lowest BCUT2D eigenvalue weighted by Crippen LogP contribution is -2.07. The number of thioether (sulfide) groups is 1. The van der Waals surface area contributed by atoms with Gasteiger partial charge >= 0.3 is 0 Å². The van der Waals surface area contributed by atoms with Gasteiger partial charge in [0.25, 0.3) is 0 Å². The predicted octanol–water partition coefficient (Wildman–Crippen LogP) is 3.61. The fourth-order valence-electron chi connectivity index (χ4n) is 1.58. The molecule has 0 spiro atoms. The Kier molecular flexibility index (Phi) is 3.53. The predicted molar refractivity (Wildman–Crippen MR) is 85.8 cm³/mol. The Morgan fingerprint density at radius 1 is 1.41 bits per heavy atom. The lowest BCUT2D eigenvalue weighted by Gasteiger charge is -2.02. The van der Waals surface area contributed by atoms with Crippen LogP contribution in [-0.2, 0) is 0 Å². The van der Waals surface area contributed by atoms with Crippen LogP contribution in [0.4, 0.5) is 5.13 Å². The first-order valence-corrected chi connectivity index (χ1v) is 8.47. The van der Waals surface area contributed by atoms with Gasteiger partial charge in [-0.2, -0.15) is 0 Å². The Labute approximate surface area is 121 Å². The van der Waals surface area contributed by atoms with E-state index < -0.39 is 0 Å². The number of thiazole rings is 1. The summed E-state index contributed by atoms with van der Waals surface area (Å²) >= 11 is 5.90. The quantitative estimate of drug-likeness (QED) is 0.644. The second kappa shape index (κ2) is 5.11. The molecule has 0 aliphatic carbocycles. The molecule has 17 heavy (non-hydrogen) atoms. The molecule has 0 radical (unpaired) electrons. The lowest BCUT2D eigenvalue weighted by molar-refractivity contribution is 0.999. The molecule has 0 amide bonds. The van der Waals surface area contributed by atoms with Gasteiger partial charge in [-0.15, -0.1) is 0 Å². The minimum Gasteiger partial charge on any atom is -0.311 e. The van der Waals surface area contributed by atoms with E-state index in [9.17, 15) is 0 Å². The number of fused-ring (bicyclic) bond motifs is 1. The number of rotatable bonds is 2. The van der Waals surface area contributed by atoms with Crippen LogP contribution in [0.25, 0.3) is 10.2 Å². The van der Waals surface area contributed by atoms with Crippen LogP contribution in [0, 0.1) is 0 Å². The average Bonchev–Trinajstić information content (AvgIpc) is 2.94. The van der Waals surface area contributed by atoms with Gasteiger partial charge in [0, 0.05) is 9.68 Å². The molecule has 6 heteroatoms. The maximum atomic E-state index is 4.54. The first-order valence-electron chi connectivity index (χ1n) is 5.25. The van der Waals surface area contributed by atoms with Gasteiger partial charge in [0.2, 0.25) is 0 Å². The molecule has 0 saturated heterocycles. The van der Waals surface area contributed by atoms with E-state index in [4.69, 9.17) is 0 Å². The van der Waals surface area contributed by atoms with Gasteiger partial charge in [-0.05, 0) is 12.1 Å². The zero-order valence-corrected chi connectivity index (χ0v) is 12.7. The lowest BCUT2D eigenvalue weighted by atomic mass is 10.3. The standard InChI is InChI=1S/C11H10IN3S2/c12-5-7-6-13-10(16-7)15-11-14-8-3-1-2-4-9(8)17-11/h1-4,7H,5-6H2,(H,13,14,15). The number of amidine groups is 1. The van der Waals surface area contributed by atoms with Crippen LogP contribution >= 0.6 is 45.7 Å². The third-order valence-electron chi connectivity index (χ3n) is 2.40. The van der Waals surface area contributed by atoms with Gasteiger partial charge in [-0.3, -0.25) is 4.99 Å². The summed E-state index contributed by atoms with van der Waals surface area (Å²) in [6.07, 6.45) is 0. The third-order valence-corrected chi connectivity index (χ3v) is 6.11. The maximum absolute atomic E-state index is 4.54. The summed E-state index contributed by atoms with van der Waals surface area (Å²) in [7, 11) is 0. The largest absolute Gasteiger partial charge is 0.311 e. The van der Waals surface area contributed by atoms with E-state index in [-0.39, 0.29) is 0 Å². The van der Waals surface area contributed by atoms with Crippen molar-refractivity contribution in [2.45, 2.75) is 5.25 Å². The van der Waals surface area contributed by atoms with Crippen molar-refractivity contribution in [2.24, 2.45) is 4.99 Å². The van der Waals surface area contributed by atoms with Crippen molar-refractivity contribution in [2.75, 3.05) is 16.3 Å². The molecule has 3 rings (SSSR count). The van der Waals surface area contributed by atoms with E-state index in [1.54, 1.807) is 11.3 Å². The summed E-state index contributed by atoms with van der Waals surface area (Å²) < 4.78 is 2.35. The van der Waals surface area contributed by atoms with E-state index in [1.807, 2.05) is 30.0 Å². The highest BCUT2D eigenvalue weighted by Crippen LogP contribution is 2.29. The van der Waals surface area contributed by atoms with Crippen LogP contribution in [0.5, 0.6) is 0 Å². The second-order valence-corrected chi connectivity index (χ2v) is 6.85. The van der Waals surface area contributed by atoms with Gasteiger partial charge in [0.1, 0.15) is 0 Å². The summed E-state index contributed by atoms with van der Waals surface area (Å²) in [6, 6.07) is 8.18. The number of alkyl halides is 1. The number of para-hydroxylation sites is 1. The topological polar surface area (TPSA) is 37.3 Å². The highest BCUT2D eigenvalue weighted by atomic mass is 127. The molecule has 0 fully saturated rings. The number of hydrogen-bond donors (Lipinski definition) is 1. The number of anilines is 1. The summed E-state index contributed by atoms with van der Waals surface area (Å²) in [5, 5.41) is 5.87. The van der Waals surface area contributed by atoms with Gasteiger partial charge in [-0.1, -0.05) is 57.8 Å². The number of benzene rings is 1. The summed E-state index contributed by atoms with van der Waals surface area (Å²) in [5.74, 6) is 0. The minimum atomic E-state index is 0.618. The molecule has 0 saturated carbocycles. The van der Waals surface area contributed by atoms with Gasteiger partial charge < -0.3 is 5.32 Å². The van der Waals surface area contributed by atoms with Crippen LogP contribution in [0.15, 0.2) is 29.3 Å². The molecule has 1 aromatic carbocycles. The highest BCUT2D eigenvalue weighted by molar-refractivity contribution is 14.1. The fourth-order valence-corrected chi connectivity index (χ4v) is 4.16. The Bertz CT molecular complexity index is 534. The van der Waals surface area contributed by atoms with Crippen LogP contribution in [0.2, 0.25) is 0 Å². The molecule has 1 atom stereocenters. The van der Waals surface area contributed by atoms with Crippen LogP contribution in [0.3, 0.4) is 0 Å². The molecular weight excluding hydrogens is 365 g/mol. The van der Waals surface area contributed by atoms with Crippen molar-refractivity contribution in [1.82, 2.24) is 4.98 Å². The Morgan fingerprint density at radius 2 is 2.29 bits per heavy atom. The van der Waals surface area contributed by atoms with Crippen molar-refractivity contribution in [1.29, 1.82) is 0 Å². The normalized spacial score (nSPS) is 19.6. The fraction of sp³-hybridized carbons (Fsp3) is 0.273. The number of aromatic nitrogens is 1. The smallest absolute Gasteiger partial charge is 0.189 e. The zero-order valence-electron chi connectivity index (χ0n) is 8.89. The molecule has 2 heterocycles. The first kappa shape index (κ1) is 11.7. The molecule has 1 aromatic heterocycles. The van der Waals surface area contributed by atoms with Crippen molar-refractivity contribution >= 4 is 66.2 Å². The molecule has 0 bridgehead atoms.